The first-order valence-corrected chi connectivity index (χ1v) is 7.46. The lowest BCUT2D eigenvalue weighted by molar-refractivity contribution is -0.135. The zero-order chi connectivity index (χ0) is 16.3. The maximum atomic E-state index is 13.3. The predicted octanol–water partition coefficient (Wildman–Crippen LogP) is 3.23. The maximum absolute atomic E-state index is 13.3. The molecule has 1 aromatic heterocycles. The number of benzene rings is 1. The average Bonchev–Trinajstić information content (AvgIpc) is 2.62. The molecule has 0 spiro atoms. The van der Waals surface area contributed by atoms with Crippen molar-refractivity contribution in [3.05, 3.63) is 71.8 Å². The standard InChI is InChI=1S/C18H17FN2O2/c19-16-10-14(11-20-12-16)13-6-8-18(9-7-13,17(22)21-23)15-4-2-1-3-5-15/h1-6,10-12,23H,7-9H2,(H,21,22). The molecule has 1 heterocycles. The Morgan fingerprint density at radius 2 is 2.04 bits per heavy atom. The zero-order valence-electron chi connectivity index (χ0n) is 12.5. The largest absolute Gasteiger partial charge is 0.289 e. The number of nitrogens with zero attached hydrogens (tertiary/aromatic N) is 1. The molecular formula is C18H17FN2O2. The van der Waals surface area contributed by atoms with E-state index in [-0.39, 0.29) is 5.82 Å². The maximum Gasteiger partial charge on any atom is 0.254 e. The summed E-state index contributed by atoms with van der Waals surface area (Å²) in [6, 6.07) is 10.8. The Labute approximate surface area is 133 Å². The van der Waals surface area contributed by atoms with Crippen LogP contribution in [-0.2, 0) is 10.2 Å². The molecular weight excluding hydrogens is 295 g/mol. The van der Waals surface area contributed by atoms with Crippen molar-refractivity contribution in [3.8, 4) is 0 Å². The van der Waals surface area contributed by atoms with Crippen LogP contribution in [0.2, 0.25) is 0 Å². The van der Waals surface area contributed by atoms with Crippen LogP contribution in [0.25, 0.3) is 5.57 Å². The van der Waals surface area contributed by atoms with E-state index in [9.17, 15) is 9.18 Å². The van der Waals surface area contributed by atoms with E-state index in [0.29, 0.717) is 19.3 Å². The monoisotopic (exact) mass is 312 g/mol. The fourth-order valence-corrected chi connectivity index (χ4v) is 3.16. The van der Waals surface area contributed by atoms with Crippen LogP contribution in [0.5, 0.6) is 0 Å². The van der Waals surface area contributed by atoms with Gasteiger partial charge in [0, 0.05) is 6.20 Å². The number of allylic oxidation sites excluding steroid dienone is 2. The van der Waals surface area contributed by atoms with Gasteiger partial charge in [0.25, 0.3) is 5.91 Å². The number of rotatable bonds is 3. The normalized spacial score (nSPS) is 20.7. The minimum atomic E-state index is -0.805. The summed E-state index contributed by atoms with van der Waals surface area (Å²) >= 11 is 0. The lowest BCUT2D eigenvalue weighted by atomic mass is 9.69. The molecule has 1 aromatic carbocycles. The molecule has 1 aliphatic carbocycles. The third kappa shape index (κ3) is 2.87. The topological polar surface area (TPSA) is 62.2 Å². The van der Waals surface area contributed by atoms with Crippen molar-refractivity contribution >= 4 is 11.5 Å². The van der Waals surface area contributed by atoms with Crippen LogP contribution in [0.1, 0.15) is 30.4 Å². The van der Waals surface area contributed by atoms with Crippen LogP contribution in [0, 0.1) is 5.82 Å². The molecule has 0 fully saturated rings. The van der Waals surface area contributed by atoms with Gasteiger partial charge in [-0.25, -0.2) is 9.87 Å². The molecule has 1 unspecified atom stereocenters. The summed E-state index contributed by atoms with van der Waals surface area (Å²) < 4.78 is 13.3. The number of amides is 1. The van der Waals surface area contributed by atoms with E-state index < -0.39 is 11.3 Å². The molecule has 1 aliphatic rings. The van der Waals surface area contributed by atoms with Crippen LogP contribution in [0.15, 0.2) is 54.9 Å². The number of hydroxylamine groups is 1. The van der Waals surface area contributed by atoms with E-state index in [0.717, 1.165) is 16.7 Å². The number of carbonyl (C=O) groups is 1. The first-order valence-electron chi connectivity index (χ1n) is 7.46. The molecule has 118 valence electrons. The molecule has 2 N–H and O–H groups in total. The lowest BCUT2D eigenvalue weighted by Crippen LogP contribution is -2.44. The molecule has 1 amide bonds. The molecule has 0 aliphatic heterocycles. The fourth-order valence-electron chi connectivity index (χ4n) is 3.16. The highest BCUT2D eigenvalue weighted by Crippen LogP contribution is 2.41. The van der Waals surface area contributed by atoms with E-state index in [1.54, 1.807) is 11.7 Å². The Balaban J connectivity index is 1.95. The summed E-state index contributed by atoms with van der Waals surface area (Å²) in [6.45, 7) is 0. The van der Waals surface area contributed by atoms with Gasteiger partial charge in [0.15, 0.2) is 0 Å². The molecule has 5 heteroatoms. The number of nitrogens with one attached hydrogen (secondary N) is 1. The van der Waals surface area contributed by atoms with Gasteiger partial charge in [0.05, 0.1) is 11.6 Å². The number of aromatic nitrogens is 1. The van der Waals surface area contributed by atoms with Gasteiger partial charge >= 0.3 is 0 Å². The average molecular weight is 312 g/mol. The second-order valence-corrected chi connectivity index (χ2v) is 5.71. The van der Waals surface area contributed by atoms with Crippen LogP contribution in [-0.4, -0.2) is 16.1 Å². The molecule has 3 rings (SSSR count). The first kappa shape index (κ1) is 15.4. The van der Waals surface area contributed by atoms with Crippen LogP contribution < -0.4 is 5.48 Å². The Kier molecular flexibility index (Phi) is 4.21. The van der Waals surface area contributed by atoms with Crippen molar-refractivity contribution in [2.45, 2.75) is 24.7 Å². The van der Waals surface area contributed by atoms with Crippen LogP contribution in [0.4, 0.5) is 4.39 Å². The van der Waals surface area contributed by atoms with E-state index in [4.69, 9.17) is 5.21 Å². The van der Waals surface area contributed by atoms with Crippen LogP contribution >= 0.6 is 0 Å². The second-order valence-electron chi connectivity index (χ2n) is 5.71. The number of pyridine rings is 1. The molecule has 23 heavy (non-hydrogen) atoms. The summed E-state index contributed by atoms with van der Waals surface area (Å²) in [7, 11) is 0. The highest BCUT2D eigenvalue weighted by atomic mass is 19.1. The van der Waals surface area contributed by atoms with Gasteiger partial charge in [-0.3, -0.25) is 15.0 Å². The van der Waals surface area contributed by atoms with Crippen molar-refractivity contribution in [2.75, 3.05) is 0 Å². The van der Waals surface area contributed by atoms with Gasteiger partial charge in [-0.2, -0.15) is 0 Å². The molecule has 0 bridgehead atoms. The summed E-state index contributed by atoms with van der Waals surface area (Å²) in [4.78, 5) is 16.2. The van der Waals surface area contributed by atoms with Gasteiger partial charge in [0.1, 0.15) is 5.82 Å². The lowest BCUT2D eigenvalue weighted by Gasteiger charge is -2.35. The predicted molar refractivity (Wildman–Crippen MR) is 84.1 cm³/mol. The van der Waals surface area contributed by atoms with Crippen molar-refractivity contribution in [3.63, 3.8) is 0 Å². The number of hydrogen-bond acceptors (Lipinski definition) is 3. The fraction of sp³-hybridized carbons (Fsp3) is 0.222. The molecule has 0 saturated carbocycles. The Hall–Kier alpha value is -2.53. The van der Waals surface area contributed by atoms with Gasteiger partial charge in [-0.05, 0) is 42.0 Å². The SMILES string of the molecule is O=C(NO)C1(c2ccccc2)CC=C(c2cncc(F)c2)CC1. The Morgan fingerprint density at radius 1 is 1.26 bits per heavy atom. The highest BCUT2D eigenvalue weighted by molar-refractivity contribution is 5.89. The van der Waals surface area contributed by atoms with E-state index in [1.165, 1.54) is 12.3 Å². The van der Waals surface area contributed by atoms with Crippen molar-refractivity contribution in [1.29, 1.82) is 0 Å². The number of halogens is 1. The smallest absolute Gasteiger partial charge is 0.254 e. The Morgan fingerprint density at radius 3 is 2.65 bits per heavy atom. The summed E-state index contributed by atoms with van der Waals surface area (Å²) in [5, 5.41) is 9.15. The summed E-state index contributed by atoms with van der Waals surface area (Å²) in [5.74, 6) is -0.798. The molecule has 0 radical (unpaired) electrons. The minimum absolute atomic E-state index is 0.378. The molecule has 0 saturated heterocycles. The first-order chi connectivity index (χ1) is 11.2. The Bertz CT molecular complexity index is 746. The van der Waals surface area contributed by atoms with E-state index in [2.05, 4.69) is 4.98 Å². The molecule has 4 nitrogen and oxygen atoms in total. The van der Waals surface area contributed by atoms with Crippen molar-refractivity contribution in [1.82, 2.24) is 10.5 Å². The van der Waals surface area contributed by atoms with Gasteiger partial charge in [0.2, 0.25) is 0 Å². The number of hydrogen-bond donors (Lipinski definition) is 2. The van der Waals surface area contributed by atoms with E-state index >= 15 is 0 Å². The molecule has 2 aromatic rings. The quantitative estimate of drug-likeness (QED) is 0.675. The summed E-state index contributed by atoms with van der Waals surface area (Å²) in [6.07, 6.45) is 6.30. The third-order valence-corrected chi connectivity index (χ3v) is 4.46. The van der Waals surface area contributed by atoms with Gasteiger partial charge in [-0.15, -0.1) is 0 Å². The van der Waals surface area contributed by atoms with Crippen molar-refractivity contribution in [2.24, 2.45) is 0 Å². The second kappa shape index (κ2) is 6.30. The minimum Gasteiger partial charge on any atom is -0.289 e. The summed E-state index contributed by atoms with van der Waals surface area (Å²) in [5.41, 5.74) is 3.55. The van der Waals surface area contributed by atoms with Crippen molar-refractivity contribution < 1.29 is 14.4 Å². The van der Waals surface area contributed by atoms with Gasteiger partial charge < -0.3 is 0 Å². The molecule has 1 atom stereocenters. The third-order valence-electron chi connectivity index (χ3n) is 4.46. The van der Waals surface area contributed by atoms with E-state index in [1.807, 2.05) is 36.4 Å². The van der Waals surface area contributed by atoms with Crippen LogP contribution in [0.3, 0.4) is 0 Å². The number of carbonyl (C=O) groups excluding carboxylic acids is 1. The van der Waals surface area contributed by atoms with Gasteiger partial charge in [-0.1, -0.05) is 36.4 Å². The highest BCUT2D eigenvalue weighted by Gasteiger charge is 2.41. The zero-order valence-corrected chi connectivity index (χ0v) is 12.5.